The van der Waals surface area contributed by atoms with Gasteiger partial charge in [-0.15, -0.1) is 0 Å². The van der Waals surface area contributed by atoms with Gasteiger partial charge >= 0.3 is 24.7 Å². The summed E-state index contributed by atoms with van der Waals surface area (Å²) in [4.78, 5) is 5.10. The molecule has 0 aliphatic carbocycles. The molecule has 0 amide bonds. The first-order valence-electron chi connectivity index (χ1n) is 22.4. The van der Waals surface area contributed by atoms with Gasteiger partial charge < -0.3 is 9.13 Å². The summed E-state index contributed by atoms with van der Waals surface area (Å²) in [5, 5.41) is 13.1. The standard InChI is InChI=1S/C58H30F12N4/c59-55(60,61)36-19-21-38(45(28-36)57(65,66)67)33-17-23-51-42(25-33)40-11-4-6-15-49(40)73(51)53-30-44(48-14-8-13-47(72-48)32-9-2-1-3-10-32)54(27-35(53)31-71)74-50-16-7-5-12-41(50)43-26-34(18-24-52(43)74)39-22-20-37(56(62,63)64)29-46(39)58(68,69)70/h1-30H. The molecule has 11 rings (SSSR count). The molecule has 0 spiro atoms. The normalized spacial score (nSPS) is 12.6. The van der Waals surface area contributed by atoms with Crippen LogP contribution in [-0.2, 0) is 24.7 Å². The van der Waals surface area contributed by atoms with Crippen molar-refractivity contribution in [3.05, 3.63) is 210 Å². The molecule has 8 aromatic carbocycles. The Balaban J connectivity index is 1.17. The first-order chi connectivity index (χ1) is 35.2. The third kappa shape index (κ3) is 8.14. The Morgan fingerprint density at radius 3 is 1.30 bits per heavy atom. The van der Waals surface area contributed by atoms with Crippen LogP contribution in [0.2, 0.25) is 0 Å². The van der Waals surface area contributed by atoms with Crippen LogP contribution in [0.25, 0.3) is 99.8 Å². The lowest BCUT2D eigenvalue weighted by atomic mass is 9.95. The zero-order chi connectivity index (χ0) is 52.1. The summed E-state index contributed by atoms with van der Waals surface area (Å²) in [6.45, 7) is 0. The van der Waals surface area contributed by atoms with Gasteiger partial charge in [0, 0.05) is 32.7 Å². The molecule has 0 saturated carbocycles. The Labute approximate surface area is 411 Å². The summed E-state index contributed by atoms with van der Waals surface area (Å²) >= 11 is 0. The lowest BCUT2D eigenvalue weighted by Crippen LogP contribution is -2.12. The zero-order valence-corrected chi connectivity index (χ0v) is 37.6. The topological polar surface area (TPSA) is 46.5 Å². The monoisotopic (exact) mass is 1010 g/mol. The average Bonchev–Trinajstić information content (AvgIpc) is 3.89. The van der Waals surface area contributed by atoms with Crippen LogP contribution in [0.3, 0.4) is 0 Å². The third-order valence-corrected chi connectivity index (χ3v) is 13.1. The molecule has 0 atom stereocenters. The van der Waals surface area contributed by atoms with Gasteiger partial charge in [0.1, 0.15) is 6.07 Å². The molecule has 0 aliphatic rings. The van der Waals surface area contributed by atoms with Crippen LogP contribution < -0.4 is 0 Å². The number of hydrogen-bond acceptors (Lipinski definition) is 2. The van der Waals surface area contributed by atoms with Crippen molar-refractivity contribution >= 4 is 43.6 Å². The molecule has 0 fully saturated rings. The van der Waals surface area contributed by atoms with E-state index < -0.39 is 58.1 Å². The van der Waals surface area contributed by atoms with E-state index in [1.54, 1.807) is 83.4 Å². The average molecular weight is 1010 g/mol. The lowest BCUT2D eigenvalue weighted by molar-refractivity contribution is -0.144. The predicted molar refractivity (Wildman–Crippen MR) is 259 cm³/mol. The van der Waals surface area contributed by atoms with Crippen molar-refractivity contribution in [1.82, 2.24) is 14.1 Å². The number of nitriles is 1. The summed E-state index contributed by atoms with van der Waals surface area (Å²) in [5.74, 6) is 0. The highest BCUT2D eigenvalue weighted by Gasteiger charge is 2.40. The molecule has 0 unspecified atom stereocenters. The van der Waals surface area contributed by atoms with Gasteiger partial charge in [-0.2, -0.15) is 57.9 Å². The van der Waals surface area contributed by atoms with E-state index in [2.05, 4.69) is 6.07 Å². The molecule has 11 aromatic rings. The maximum absolute atomic E-state index is 14.5. The van der Waals surface area contributed by atoms with Gasteiger partial charge in [0.05, 0.1) is 72.6 Å². The molecule has 74 heavy (non-hydrogen) atoms. The highest BCUT2D eigenvalue weighted by atomic mass is 19.4. The largest absolute Gasteiger partial charge is 0.417 e. The van der Waals surface area contributed by atoms with Crippen LogP contribution in [0.1, 0.15) is 27.8 Å². The Morgan fingerprint density at radius 2 is 0.811 bits per heavy atom. The molecule has 366 valence electrons. The Hall–Kier alpha value is -8.84. The lowest BCUT2D eigenvalue weighted by Gasteiger charge is -2.19. The minimum absolute atomic E-state index is 0.00515. The van der Waals surface area contributed by atoms with E-state index in [0.717, 1.165) is 17.7 Å². The van der Waals surface area contributed by atoms with Gasteiger partial charge in [0.15, 0.2) is 0 Å². The molecule has 3 aromatic heterocycles. The van der Waals surface area contributed by atoms with Crippen LogP contribution in [0.15, 0.2) is 182 Å². The van der Waals surface area contributed by atoms with Gasteiger partial charge in [0.2, 0.25) is 0 Å². The predicted octanol–water partition coefficient (Wildman–Crippen LogP) is 17.9. The number of para-hydroxylation sites is 2. The highest BCUT2D eigenvalue weighted by molar-refractivity contribution is 6.12. The maximum atomic E-state index is 14.5. The van der Waals surface area contributed by atoms with Gasteiger partial charge in [-0.05, 0) is 107 Å². The van der Waals surface area contributed by atoms with Crippen molar-refractivity contribution in [2.24, 2.45) is 0 Å². The molecular formula is C58H30F12N4. The van der Waals surface area contributed by atoms with Crippen LogP contribution >= 0.6 is 0 Å². The second kappa shape index (κ2) is 17.2. The molecule has 4 nitrogen and oxygen atoms in total. The molecule has 0 aliphatic heterocycles. The number of alkyl halides is 12. The van der Waals surface area contributed by atoms with Gasteiger partial charge in [-0.1, -0.05) is 97.1 Å². The molecule has 0 radical (unpaired) electrons. The molecule has 3 heterocycles. The number of benzene rings is 8. The number of nitrogens with zero attached hydrogens (tertiary/aromatic N) is 4. The smallest absolute Gasteiger partial charge is 0.309 e. The minimum atomic E-state index is -5.15. The van der Waals surface area contributed by atoms with Crippen molar-refractivity contribution < 1.29 is 52.7 Å². The number of pyridine rings is 1. The molecule has 16 heteroatoms. The van der Waals surface area contributed by atoms with Crippen molar-refractivity contribution in [1.29, 1.82) is 5.26 Å². The second-order valence-corrected chi connectivity index (χ2v) is 17.5. The van der Waals surface area contributed by atoms with E-state index in [1.165, 1.54) is 30.3 Å². The molecule has 0 bridgehead atoms. The number of fused-ring (bicyclic) bond motifs is 6. The second-order valence-electron chi connectivity index (χ2n) is 17.5. The fraction of sp³-hybridized carbons (Fsp3) is 0.0690. The van der Waals surface area contributed by atoms with Gasteiger partial charge in [-0.25, -0.2) is 4.98 Å². The van der Waals surface area contributed by atoms with Crippen LogP contribution in [0.5, 0.6) is 0 Å². The van der Waals surface area contributed by atoms with E-state index in [4.69, 9.17) is 4.98 Å². The Morgan fingerprint density at radius 1 is 0.351 bits per heavy atom. The van der Waals surface area contributed by atoms with Crippen molar-refractivity contribution in [2.75, 3.05) is 0 Å². The summed E-state index contributed by atoms with van der Waals surface area (Å²) in [6, 6.07) is 46.1. The van der Waals surface area contributed by atoms with Crippen LogP contribution in [-0.4, -0.2) is 14.1 Å². The number of hydrogen-bond donors (Lipinski definition) is 0. The van der Waals surface area contributed by atoms with E-state index >= 15 is 0 Å². The summed E-state index contributed by atoms with van der Waals surface area (Å²) < 4.78 is 173. The van der Waals surface area contributed by atoms with E-state index in [-0.39, 0.29) is 28.8 Å². The van der Waals surface area contributed by atoms with E-state index in [9.17, 15) is 57.9 Å². The van der Waals surface area contributed by atoms with Crippen LogP contribution in [0, 0.1) is 11.3 Å². The fourth-order valence-electron chi connectivity index (χ4n) is 9.81. The number of rotatable bonds is 6. The van der Waals surface area contributed by atoms with Crippen LogP contribution in [0.4, 0.5) is 52.7 Å². The van der Waals surface area contributed by atoms with E-state index in [0.29, 0.717) is 84.1 Å². The summed E-state index contributed by atoms with van der Waals surface area (Å²) in [6.07, 6.45) is -20.4. The van der Waals surface area contributed by atoms with E-state index in [1.807, 2.05) is 41.0 Å². The fourth-order valence-corrected chi connectivity index (χ4v) is 9.81. The maximum Gasteiger partial charge on any atom is 0.417 e. The zero-order valence-electron chi connectivity index (χ0n) is 37.6. The quantitative estimate of drug-likeness (QED) is 0.156. The first-order valence-corrected chi connectivity index (χ1v) is 22.4. The van der Waals surface area contributed by atoms with Crippen molar-refractivity contribution in [2.45, 2.75) is 24.7 Å². The summed E-state index contributed by atoms with van der Waals surface area (Å²) in [5.41, 5.74) is -1.83. The number of halogens is 12. The van der Waals surface area contributed by atoms with Crippen molar-refractivity contribution in [3.63, 3.8) is 0 Å². The Bertz CT molecular complexity index is 4100. The number of aromatic nitrogens is 3. The van der Waals surface area contributed by atoms with Gasteiger partial charge in [0.25, 0.3) is 0 Å². The molecular weight excluding hydrogens is 981 g/mol. The highest BCUT2D eigenvalue weighted by Crippen LogP contribution is 2.47. The van der Waals surface area contributed by atoms with Gasteiger partial charge in [-0.3, -0.25) is 0 Å². The molecule has 0 N–H and O–H groups in total. The van der Waals surface area contributed by atoms with Crippen molar-refractivity contribution in [3.8, 4) is 62.2 Å². The minimum Gasteiger partial charge on any atom is -0.309 e. The molecule has 0 saturated heterocycles. The summed E-state index contributed by atoms with van der Waals surface area (Å²) in [7, 11) is 0. The first kappa shape index (κ1) is 47.5. The Kier molecular flexibility index (Phi) is 11.0. The SMILES string of the molecule is N#Cc1cc(-n2c3ccccc3c3cc(-c4ccc(C(F)(F)F)cc4C(F)(F)F)ccc32)c(-c2cccc(-c3ccccc3)n2)cc1-n1c2ccccc2c2cc(-c3ccc(C(F)(F)F)cc3C(F)(F)F)ccc21. The third-order valence-electron chi connectivity index (χ3n) is 13.1.